The molecule has 6 nitrogen and oxygen atoms in total. The van der Waals surface area contributed by atoms with Gasteiger partial charge < -0.3 is 4.90 Å². The lowest BCUT2D eigenvalue weighted by Gasteiger charge is -2.34. The second-order valence-corrected chi connectivity index (χ2v) is 6.22. The molecule has 0 unspecified atom stereocenters. The van der Waals surface area contributed by atoms with E-state index in [2.05, 4.69) is 20.4 Å². The number of carbonyl (C=O) groups is 1. The van der Waals surface area contributed by atoms with Gasteiger partial charge in [-0.3, -0.25) is 9.48 Å². The van der Waals surface area contributed by atoms with Crippen molar-refractivity contribution in [2.24, 2.45) is 0 Å². The lowest BCUT2D eigenvalue weighted by molar-refractivity contribution is -0.135. The predicted octanol–water partition coefficient (Wildman–Crippen LogP) is 2.19. The van der Waals surface area contributed by atoms with Crippen molar-refractivity contribution < 1.29 is 4.79 Å². The number of likely N-dealkylation sites (tertiary alicyclic amines) is 1. The van der Waals surface area contributed by atoms with Gasteiger partial charge in [0.25, 0.3) is 0 Å². The highest BCUT2D eigenvalue weighted by atomic mass is 32.1. The van der Waals surface area contributed by atoms with Gasteiger partial charge >= 0.3 is 0 Å². The Bertz CT molecular complexity index is 594. The van der Waals surface area contributed by atoms with Crippen molar-refractivity contribution in [3.05, 3.63) is 28.7 Å². The summed E-state index contributed by atoms with van der Waals surface area (Å²) in [4.78, 5) is 23.0. The number of aromatic nitrogens is 4. The van der Waals surface area contributed by atoms with Crippen LogP contribution in [-0.4, -0.2) is 37.1 Å². The number of aryl methyl sites for hydroxylation is 2. The minimum atomic E-state index is 0.153. The molecule has 0 aromatic carbocycles. The number of piperidine rings is 1. The van der Waals surface area contributed by atoms with Crippen molar-refractivity contribution >= 4 is 17.2 Å². The topological polar surface area (TPSA) is 63.9 Å². The molecule has 1 fully saturated rings. The molecule has 0 saturated carbocycles. The third-order valence-corrected chi connectivity index (χ3v) is 4.83. The highest BCUT2D eigenvalue weighted by Crippen LogP contribution is 2.33. The number of carbonyl (C=O) groups excluding carboxylic acids is 1. The average molecular weight is 305 g/mol. The van der Waals surface area contributed by atoms with E-state index in [1.165, 1.54) is 6.33 Å². The molecule has 1 saturated heterocycles. The van der Waals surface area contributed by atoms with E-state index in [9.17, 15) is 4.79 Å². The molecule has 0 radical (unpaired) electrons. The maximum Gasteiger partial charge on any atom is 0.225 e. The SMILES string of the molecule is Cc1csc([C@H]2CCCCN2C(=O)CCn2cncn2)n1. The van der Waals surface area contributed by atoms with E-state index in [-0.39, 0.29) is 11.9 Å². The van der Waals surface area contributed by atoms with E-state index in [0.717, 1.165) is 36.5 Å². The summed E-state index contributed by atoms with van der Waals surface area (Å²) in [5.74, 6) is 0.183. The van der Waals surface area contributed by atoms with E-state index in [0.29, 0.717) is 13.0 Å². The molecule has 2 aromatic rings. The van der Waals surface area contributed by atoms with Crippen LogP contribution in [0.25, 0.3) is 0 Å². The molecule has 0 aliphatic carbocycles. The summed E-state index contributed by atoms with van der Waals surface area (Å²) in [6.45, 7) is 3.41. The highest BCUT2D eigenvalue weighted by Gasteiger charge is 2.29. The Balaban J connectivity index is 1.67. The number of thiazole rings is 1. The standard InChI is InChI=1S/C14H19N5OS/c1-11-8-21-14(17-11)12-4-2-3-6-19(12)13(20)5-7-18-10-15-9-16-18/h8-10,12H,2-7H2,1H3/t12-/m1/s1. The second kappa shape index (κ2) is 6.34. The number of hydrogen-bond donors (Lipinski definition) is 0. The largest absolute Gasteiger partial charge is 0.333 e. The van der Waals surface area contributed by atoms with E-state index in [1.54, 1.807) is 22.3 Å². The van der Waals surface area contributed by atoms with Gasteiger partial charge in [0.05, 0.1) is 12.6 Å². The van der Waals surface area contributed by atoms with Crippen LogP contribution in [0.5, 0.6) is 0 Å². The van der Waals surface area contributed by atoms with Gasteiger partial charge in [-0.25, -0.2) is 9.97 Å². The zero-order valence-corrected chi connectivity index (χ0v) is 12.9. The Labute approximate surface area is 127 Å². The third kappa shape index (κ3) is 3.29. The van der Waals surface area contributed by atoms with E-state index >= 15 is 0 Å². The van der Waals surface area contributed by atoms with Gasteiger partial charge in [0.15, 0.2) is 0 Å². The zero-order chi connectivity index (χ0) is 14.7. The summed E-state index contributed by atoms with van der Waals surface area (Å²) < 4.78 is 1.70. The Morgan fingerprint density at radius 1 is 1.48 bits per heavy atom. The molecule has 0 spiro atoms. The smallest absolute Gasteiger partial charge is 0.225 e. The number of rotatable bonds is 4. The Kier molecular flexibility index (Phi) is 4.28. The van der Waals surface area contributed by atoms with Gasteiger partial charge in [-0.1, -0.05) is 0 Å². The minimum Gasteiger partial charge on any atom is -0.333 e. The first-order valence-electron chi connectivity index (χ1n) is 7.28. The van der Waals surface area contributed by atoms with Crippen molar-refractivity contribution in [1.82, 2.24) is 24.6 Å². The Hall–Kier alpha value is -1.76. The van der Waals surface area contributed by atoms with Crippen LogP contribution < -0.4 is 0 Å². The number of hydrogen-bond acceptors (Lipinski definition) is 5. The molecule has 3 rings (SSSR count). The maximum absolute atomic E-state index is 12.5. The third-order valence-electron chi connectivity index (χ3n) is 3.77. The van der Waals surface area contributed by atoms with E-state index in [1.807, 2.05) is 11.8 Å². The molecule has 1 aliphatic heterocycles. The second-order valence-electron chi connectivity index (χ2n) is 5.33. The van der Waals surface area contributed by atoms with Gasteiger partial charge in [0.2, 0.25) is 5.91 Å². The fraction of sp³-hybridized carbons (Fsp3) is 0.571. The van der Waals surface area contributed by atoms with Crippen molar-refractivity contribution in [2.75, 3.05) is 6.54 Å². The van der Waals surface area contributed by atoms with Crippen molar-refractivity contribution in [2.45, 2.75) is 45.2 Å². The van der Waals surface area contributed by atoms with Crippen LogP contribution in [0.15, 0.2) is 18.0 Å². The summed E-state index contributed by atoms with van der Waals surface area (Å²) in [6.07, 6.45) is 6.86. The normalized spacial score (nSPS) is 18.9. The van der Waals surface area contributed by atoms with Gasteiger partial charge in [-0.05, 0) is 26.2 Å². The number of amides is 1. The van der Waals surface area contributed by atoms with Crippen LogP contribution >= 0.6 is 11.3 Å². The van der Waals surface area contributed by atoms with Crippen LogP contribution in [0.2, 0.25) is 0 Å². The zero-order valence-electron chi connectivity index (χ0n) is 12.1. The molecule has 21 heavy (non-hydrogen) atoms. The Morgan fingerprint density at radius 2 is 2.38 bits per heavy atom. The Morgan fingerprint density at radius 3 is 3.10 bits per heavy atom. The molecule has 0 bridgehead atoms. The van der Waals surface area contributed by atoms with E-state index in [4.69, 9.17) is 0 Å². The fourth-order valence-electron chi connectivity index (χ4n) is 2.71. The van der Waals surface area contributed by atoms with E-state index < -0.39 is 0 Å². The molecule has 1 aliphatic rings. The molecular formula is C14H19N5OS. The molecule has 7 heteroatoms. The van der Waals surface area contributed by atoms with Crippen LogP contribution in [-0.2, 0) is 11.3 Å². The van der Waals surface area contributed by atoms with Gasteiger partial charge in [0, 0.05) is 24.0 Å². The molecule has 2 aromatic heterocycles. The van der Waals surface area contributed by atoms with Crippen molar-refractivity contribution in [1.29, 1.82) is 0 Å². The molecular weight excluding hydrogens is 286 g/mol. The lowest BCUT2D eigenvalue weighted by Crippen LogP contribution is -2.38. The maximum atomic E-state index is 12.5. The predicted molar refractivity (Wildman–Crippen MR) is 79.8 cm³/mol. The lowest BCUT2D eigenvalue weighted by atomic mass is 10.0. The van der Waals surface area contributed by atoms with Gasteiger partial charge in [0.1, 0.15) is 17.7 Å². The number of nitrogens with zero attached hydrogens (tertiary/aromatic N) is 5. The molecule has 1 amide bonds. The van der Waals surface area contributed by atoms with Gasteiger partial charge in [-0.2, -0.15) is 5.10 Å². The van der Waals surface area contributed by atoms with Crippen LogP contribution in [0.4, 0.5) is 0 Å². The van der Waals surface area contributed by atoms with Crippen LogP contribution in [0, 0.1) is 6.92 Å². The summed E-state index contributed by atoms with van der Waals surface area (Å²) >= 11 is 1.66. The van der Waals surface area contributed by atoms with Crippen molar-refractivity contribution in [3.8, 4) is 0 Å². The fourth-order valence-corrected chi connectivity index (χ4v) is 3.66. The molecule has 0 N–H and O–H groups in total. The molecule has 3 heterocycles. The van der Waals surface area contributed by atoms with Crippen LogP contribution in [0.3, 0.4) is 0 Å². The summed E-state index contributed by atoms with van der Waals surface area (Å²) in [6, 6.07) is 0.153. The minimum absolute atomic E-state index is 0.153. The van der Waals surface area contributed by atoms with Crippen molar-refractivity contribution in [3.63, 3.8) is 0 Å². The van der Waals surface area contributed by atoms with Gasteiger partial charge in [-0.15, -0.1) is 11.3 Å². The molecule has 1 atom stereocenters. The summed E-state index contributed by atoms with van der Waals surface area (Å²) in [5.41, 5.74) is 1.04. The summed E-state index contributed by atoms with van der Waals surface area (Å²) in [5, 5.41) is 7.17. The molecule has 112 valence electrons. The highest BCUT2D eigenvalue weighted by molar-refractivity contribution is 7.09. The van der Waals surface area contributed by atoms with Crippen LogP contribution in [0.1, 0.15) is 42.4 Å². The average Bonchev–Trinajstić information content (AvgIpc) is 3.16. The monoisotopic (exact) mass is 305 g/mol. The first-order chi connectivity index (χ1) is 10.2. The summed E-state index contributed by atoms with van der Waals surface area (Å²) in [7, 11) is 0. The first-order valence-corrected chi connectivity index (χ1v) is 8.16. The first kappa shape index (κ1) is 14.2. The quantitative estimate of drug-likeness (QED) is 0.868.